The number of hydrogen-bond acceptors (Lipinski definition) is 3. The summed E-state index contributed by atoms with van der Waals surface area (Å²) in [5, 5.41) is 4.36. The summed E-state index contributed by atoms with van der Waals surface area (Å²) in [7, 11) is 0. The molecule has 4 heteroatoms. The molecule has 2 aromatic rings. The van der Waals surface area contributed by atoms with Crippen LogP contribution in [0.2, 0.25) is 0 Å². The summed E-state index contributed by atoms with van der Waals surface area (Å²) in [6.45, 7) is 5.17. The average Bonchev–Trinajstić information content (AvgIpc) is 2.63. The lowest BCUT2D eigenvalue weighted by Crippen LogP contribution is -2.00. The second-order valence-corrected chi connectivity index (χ2v) is 3.84. The molecule has 0 radical (unpaired) electrons. The topological polar surface area (TPSA) is 56.7 Å². The number of aromatic nitrogens is 3. The molecule has 0 saturated heterocycles. The number of rotatable bonds is 3. The highest BCUT2D eigenvalue weighted by Crippen LogP contribution is 2.22. The lowest BCUT2D eigenvalue weighted by molar-refractivity contribution is 0.587. The summed E-state index contributed by atoms with van der Waals surface area (Å²) < 4.78 is 2.02. The predicted octanol–water partition coefficient (Wildman–Crippen LogP) is 2.25. The molecule has 2 heterocycles. The van der Waals surface area contributed by atoms with Crippen molar-refractivity contribution in [3.63, 3.8) is 0 Å². The van der Waals surface area contributed by atoms with Gasteiger partial charge in [0, 0.05) is 29.6 Å². The first-order valence-electron chi connectivity index (χ1n) is 5.46. The summed E-state index contributed by atoms with van der Waals surface area (Å²) in [5.74, 6) is 0.544. The number of nitrogens with two attached hydrogens (primary N) is 1. The smallest absolute Gasteiger partial charge is 0.123 e. The van der Waals surface area contributed by atoms with Crippen LogP contribution in [0, 0.1) is 6.92 Å². The fourth-order valence-electron chi connectivity index (χ4n) is 1.73. The maximum Gasteiger partial charge on any atom is 0.123 e. The van der Waals surface area contributed by atoms with Crippen molar-refractivity contribution in [1.82, 2.24) is 14.8 Å². The summed E-state index contributed by atoms with van der Waals surface area (Å²) >= 11 is 0. The number of hydrogen-bond donors (Lipinski definition) is 1. The number of anilines is 1. The van der Waals surface area contributed by atoms with Gasteiger partial charge in [-0.25, -0.2) is 4.98 Å². The van der Waals surface area contributed by atoms with Gasteiger partial charge in [0.2, 0.25) is 0 Å². The first-order chi connectivity index (χ1) is 7.72. The summed E-state index contributed by atoms with van der Waals surface area (Å²) in [4.78, 5) is 4.09. The number of aryl methyl sites for hydroxylation is 1. The van der Waals surface area contributed by atoms with E-state index in [0.717, 1.165) is 24.1 Å². The second kappa shape index (κ2) is 4.35. The Morgan fingerprint density at radius 2 is 2.12 bits per heavy atom. The maximum atomic E-state index is 5.56. The van der Waals surface area contributed by atoms with E-state index in [9.17, 15) is 0 Å². The number of nitrogens with zero attached hydrogens (tertiary/aromatic N) is 3. The van der Waals surface area contributed by atoms with E-state index < -0.39 is 0 Å². The Morgan fingerprint density at radius 3 is 2.75 bits per heavy atom. The van der Waals surface area contributed by atoms with E-state index in [4.69, 9.17) is 5.73 Å². The van der Waals surface area contributed by atoms with E-state index in [1.165, 1.54) is 5.69 Å². The Bertz CT molecular complexity index is 470. The fourth-order valence-corrected chi connectivity index (χ4v) is 1.73. The van der Waals surface area contributed by atoms with Gasteiger partial charge in [0.05, 0.1) is 6.20 Å². The van der Waals surface area contributed by atoms with Gasteiger partial charge in [-0.15, -0.1) is 0 Å². The van der Waals surface area contributed by atoms with Crippen molar-refractivity contribution in [1.29, 1.82) is 0 Å². The zero-order chi connectivity index (χ0) is 11.5. The van der Waals surface area contributed by atoms with Crippen LogP contribution in [0.5, 0.6) is 0 Å². The molecule has 84 valence electrons. The largest absolute Gasteiger partial charge is 0.384 e. The van der Waals surface area contributed by atoms with Gasteiger partial charge in [-0.05, 0) is 25.5 Å². The van der Waals surface area contributed by atoms with Gasteiger partial charge in [-0.1, -0.05) is 6.92 Å². The lowest BCUT2D eigenvalue weighted by Gasteiger charge is -2.03. The molecule has 0 aliphatic rings. The molecule has 0 aliphatic carbocycles. The van der Waals surface area contributed by atoms with Crippen LogP contribution in [0.25, 0.3) is 11.1 Å². The summed E-state index contributed by atoms with van der Waals surface area (Å²) in [6.07, 6.45) is 4.76. The van der Waals surface area contributed by atoms with Crippen LogP contribution in [0.15, 0.2) is 24.5 Å². The van der Waals surface area contributed by atoms with Crippen LogP contribution in [0.1, 0.15) is 19.0 Å². The molecule has 2 aromatic heterocycles. The molecule has 0 unspecified atom stereocenters. The normalized spacial score (nSPS) is 10.6. The molecule has 16 heavy (non-hydrogen) atoms. The van der Waals surface area contributed by atoms with Gasteiger partial charge >= 0.3 is 0 Å². The SMILES string of the molecule is CCCn1ncc(-c2ccc(N)nc2)c1C. The molecule has 0 bridgehead atoms. The van der Waals surface area contributed by atoms with E-state index in [1.54, 1.807) is 6.20 Å². The molecule has 0 amide bonds. The average molecular weight is 216 g/mol. The summed E-state index contributed by atoms with van der Waals surface area (Å²) in [5.41, 5.74) is 8.93. The molecular formula is C12H16N4. The Balaban J connectivity index is 2.37. The first kappa shape index (κ1) is 10.7. The van der Waals surface area contributed by atoms with E-state index in [2.05, 4.69) is 23.9 Å². The standard InChI is InChI=1S/C12H16N4/c1-3-6-16-9(2)11(8-15-16)10-4-5-12(13)14-7-10/h4-5,7-8H,3,6H2,1-2H3,(H2,13,14). The minimum atomic E-state index is 0.544. The third-order valence-electron chi connectivity index (χ3n) is 2.64. The molecular weight excluding hydrogens is 200 g/mol. The van der Waals surface area contributed by atoms with Gasteiger partial charge in [0.1, 0.15) is 5.82 Å². The van der Waals surface area contributed by atoms with Crippen molar-refractivity contribution in [2.45, 2.75) is 26.8 Å². The van der Waals surface area contributed by atoms with Crippen LogP contribution >= 0.6 is 0 Å². The Labute approximate surface area is 95.1 Å². The molecule has 0 saturated carbocycles. The van der Waals surface area contributed by atoms with E-state index in [0.29, 0.717) is 5.82 Å². The molecule has 4 nitrogen and oxygen atoms in total. The molecule has 2 rings (SSSR count). The molecule has 0 atom stereocenters. The molecule has 2 N–H and O–H groups in total. The van der Waals surface area contributed by atoms with Crippen molar-refractivity contribution >= 4 is 5.82 Å². The van der Waals surface area contributed by atoms with E-state index in [1.807, 2.05) is 23.0 Å². The highest BCUT2D eigenvalue weighted by Gasteiger charge is 2.07. The molecule has 0 fully saturated rings. The predicted molar refractivity (Wildman–Crippen MR) is 64.9 cm³/mol. The van der Waals surface area contributed by atoms with Gasteiger partial charge in [0.15, 0.2) is 0 Å². The Kier molecular flexibility index (Phi) is 2.90. The highest BCUT2D eigenvalue weighted by atomic mass is 15.3. The van der Waals surface area contributed by atoms with Gasteiger partial charge in [0.25, 0.3) is 0 Å². The minimum absolute atomic E-state index is 0.544. The second-order valence-electron chi connectivity index (χ2n) is 3.84. The van der Waals surface area contributed by atoms with Crippen molar-refractivity contribution in [3.8, 4) is 11.1 Å². The Morgan fingerprint density at radius 1 is 1.31 bits per heavy atom. The molecule has 0 aromatic carbocycles. The highest BCUT2D eigenvalue weighted by molar-refractivity contribution is 5.65. The van der Waals surface area contributed by atoms with Gasteiger partial charge in [-0.2, -0.15) is 5.10 Å². The van der Waals surface area contributed by atoms with Crippen LogP contribution < -0.4 is 5.73 Å². The number of pyridine rings is 1. The summed E-state index contributed by atoms with van der Waals surface area (Å²) in [6, 6.07) is 3.79. The van der Waals surface area contributed by atoms with Crippen molar-refractivity contribution < 1.29 is 0 Å². The van der Waals surface area contributed by atoms with Crippen molar-refractivity contribution in [2.75, 3.05) is 5.73 Å². The fraction of sp³-hybridized carbons (Fsp3) is 0.333. The molecule has 0 aliphatic heterocycles. The number of nitrogen functional groups attached to an aromatic ring is 1. The molecule has 0 spiro atoms. The van der Waals surface area contributed by atoms with Gasteiger partial charge < -0.3 is 5.73 Å². The van der Waals surface area contributed by atoms with Crippen LogP contribution in [-0.4, -0.2) is 14.8 Å². The minimum Gasteiger partial charge on any atom is -0.384 e. The zero-order valence-corrected chi connectivity index (χ0v) is 9.64. The third-order valence-corrected chi connectivity index (χ3v) is 2.64. The van der Waals surface area contributed by atoms with Crippen molar-refractivity contribution in [3.05, 3.63) is 30.2 Å². The first-order valence-corrected chi connectivity index (χ1v) is 5.46. The van der Waals surface area contributed by atoms with E-state index >= 15 is 0 Å². The lowest BCUT2D eigenvalue weighted by atomic mass is 10.1. The van der Waals surface area contributed by atoms with E-state index in [-0.39, 0.29) is 0 Å². The van der Waals surface area contributed by atoms with Crippen molar-refractivity contribution in [2.24, 2.45) is 0 Å². The van der Waals surface area contributed by atoms with Crippen LogP contribution in [-0.2, 0) is 6.54 Å². The third kappa shape index (κ3) is 1.91. The van der Waals surface area contributed by atoms with Gasteiger partial charge in [-0.3, -0.25) is 4.68 Å². The quantitative estimate of drug-likeness (QED) is 0.856. The maximum absolute atomic E-state index is 5.56. The van der Waals surface area contributed by atoms with Crippen LogP contribution in [0.3, 0.4) is 0 Å². The zero-order valence-electron chi connectivity index (χ0n) is 9.64. The van der Waals surface area contributed by atoms with Crippen LogP contribution in [0.4, 0.5) is 5.82 Å². The monoisotopic (exact) mass is 216 g/mol. The Hall–Kier alpha value is -1.84.